The second-order valence-corrected chi connectivity index (χ2v) is 6.11. The van der Waals surface area contributed by atoms with E-state index < -0.39 is 0 Å². The summed E-state index contributed by atoms with van der Waals surface area (Å²) in [6.45, 7) is 7.63. The standard InChI is InChI=1S/C17H26N2O3/c1-4-21-9-10-22-15-13(2)11-14(12-18-15)19-16(20)17(3)7-5-6-8-17/h11-12H,4-10H2,1-3H3,(H,19,20). The number of nitrogens with one attached hydrogen (secondary N) is 1. The summed E-state index contributed by atoms with van der Waals surface area (Å²) in [5.74, 6) is 0.681. The van der Waals surface area contributed by atoms with Crippen LogP contribution in [0, 0.1) is 12.3 Å². The molecule has 122 valence electrons. The summed E-state index contributed by atoms with van der Waals surface area (Å²) in [7, 11) is 0. The van der Waals surface area contributed by atoms with Gasteiger partial charge >= 0.3 is 0 Å². The summed E-state index contributed by atoms with van der Waals surface area (Å²) in [6.07, 6.45) is 5.84. The van der Waals surface area contributed by atoms with Gasteiger partial charge in [-0.25, -0.2) is 4.98 Å². The predicted molar refractivity (Wildman–Crippen MR) is 86.2 cm³/mol. The van der Waals surface area contributed by atoms with Gasteiger partial charge in [-0.2, -0.15) is 0 Å². The Hall–Kier alpha value is -1.62. The third-order valence-corrected chi connectivity index (χ3v) is 4.21. The lowest BCUT2D eigenvalue weighted by atomic mass is 9.88. The number of anilines is 1. The van der Waals surface area contributed by atoms with Crippen molar-refractivity contribution in [3.05, 3.63) is 17.8 Å². The van der Waals surface area contributed by atoms with Gasteiger partial charge in [0.2, 0.25) is 11.8 Å². The molecule has 1 aromatic rings. The fourth-order valence-electron chi connectivity index (χ4n) is 2.79. The summed E-state index contributed by atoms with van der Waals surface area (Å²) in [5, 5.41) is 2.99. The van der Waals surface area contributed by atoms with E-state index in [1.165, 1.54) is 0 Å². The minimum Gasteiger partial charge on any atom is -0.475 e. The van der Waals surface area contributed by atoms with Crippen LogP contribution in [0.4, 0.5) is 5.69 Å². The quantitative estimate of drug-likeness (QED) is 0.785. The number of hydrogen-bond acceptors (Lipinski definition) is 4. The van der Waals surface area contributed by atoms with Crippen molar-refractivity contribution in [2.24, 2.45) is 5.41 Å². The molecule has 0 aromatic carbocycles. The molecule has 5 nitrogen and oxygen atoms in total. The number of hydrogen-bond donors (Lipinski definition) is 1. The molecule has 1 saturated carbocycles. The molecule has 1 heterocycles. The average Bonchev–Trinajstić information content (AvgIpc) is 2.94. The molecule has 2 rings (SSSR count). The number of amides is 1. The molecule has 0 atom stereocenters. The number of nitrogens with zero attached hydrogens (tertiary/aromatic N) is 1. The van der Waals surface area contributed by atoms with Crippen LogP contribution in [0.2, 0.25) is 0 Å². The lowest BCUT2D eigenvalue weighted by Gasteiger charge is -2.22. The van der Waals surface area contributed by atoms with E-state index in [4.69, 9.17) is 9.47 Å². The second-order valence-electron chi connectivity index (χ2n) is 6.11. The van der Waals surface area contributed by atoms with Gasteiger partial charge in [-0.15, -0.1) is 0 Å². The van der Waals surface area contributed by atoms with Crippen molar-refractivity contribution in [3.8, 4) is 5.88 Å². The summed E-state index contributed by atoms with van der Waals surface area (Å²) >= 11 is 0. The van der Waals surface area contributed by atoms with E-state index in [1.807, 2.05) is 26.8 Å². The van der Waals surface area contributed by atoms with Gasteiger partial charge in [-0.1, -0.05) is 19.8 Å². The van der Waals surface area contributed by atoms with Gasteiger partial charge in [-0.05, 0) is 32.8 Å². The van der Waals surface area contributed by atoms with E-state index in [9.17, 15) is 4.79 Å². The first-order chi connectivity index (χ1) is 10.5. The highest BCUT2D eigenvalue weighted by molar-refractivity contribution is 5.95. The van der Waals surface area contributed by atoms with Crippen LogP contribution < -0.4 is 10.1 Å². The number of ether oxygens (including phenoxy) is 2. The molecule has 1 amide bonds. The Labute approximate surface area is 132 Å². The van der Waals surface area contributed by atoms with Crippen LogP contribution in [0.25, 0.3) is 0 Å². The predicted octanol–water partition coefficient (Wildman–Crippen LogP) is 3.32. The summed E-state index contributed by atoms with van der Waals surface area (Å²) in [5.41, 5.74) is 1.40. The minimum absolute atomic E-state index is 0.0937. The van der Waals surface area contributed by atoms with Crippen LogP contribution in [-0.4, -0.2) is 30.7 Å². The number of carbonyl (C=O) groups is 1. The van der Waals surface area contributed by atoms with Crippen molar-refractivity contribution < 1.29 is 14.3 Å². The largest absolute Gasteiger partial charge is 0.475 e. The van der Waals surface area contributed by atoms with Crippen LogP contribution in [0.5, 0.6) is 5.88 Å². The Kier molecular flexibility index (Phi) is 5.77. The van der Waals surface area contributed by atoms with E-state index in [2.05, 4.69) is 10.3 Å². The lowest BCUT2D eigenvalue weighted by molar-refractivity contribution is -0.124. The fraction of sp³-hybridized carbons (Fsp3) is 0.647. The van der Waals surface area contributed by atoms with Gasteiger partial charge in [0.05, 0.1) is 18.5 Å². The van der Waals surface area contributed by atoms with Crippen molar-refractivity contribution in [2.75, 3.05) is 25.1 Å². The lowest BCUT2D eigenvalue weighted by Crippen LogP contribution is -2.30. The molecule has 0 saturated heterocycles. The first-order valence-corrected chi connectivity index (χ1v) is 8.04. The molecule has 1 N–H and O–H groups in total. The zero-order valence-corrected chi connectivity index (χ0v) is 13.8. The molecule has 1 fully saturated rings. The third-order valence-electron chi connectivity index (χ3n) is 4.21. The zero-order valence-electron chi connectivity index (χ0n) is 13.8. The Morgan fingerprint density at radius 1 is 1.36 bits per heavy atom. The number of pyridine rings is 1. The van der Waals surface area contributed by atoms with Crippen molar-refractivity contribution in [1.82, 2.24) is 4.98 Å². The molecule has 5 heteroatoms. The maximum absolute atomic E-state index is 12.4. The van der Waals surface area contributed by atoms with Gasteiger partial charge < -0.3 is 14.8 Å². The Morgan fingerprint density at radius 2 is 2.09 bits per heavy atom. The Balaban J connectivity index is 1.92. The van der Waals surface area contributed by atoms with Crippen LogP contribution in [0.15, 0.2) is 12.3 Å². The maximum atomic E-state index is 12.4. The van der Waals surface area contributed by atoms with Crippen LogP contribution in [-0.2, 0) is 9.53 Å². The molecular formula is C17H26N2O3. The first kappa shape index (κ1) is 16.7. The topological polar surface area (TPSA) is 60.5 Å². The maximum Gasteiger partial charge on any atom is 0.230 e. The van der Waals surface area contributed by atoms with Crippen molar-refractivity contribution in [3.63, 3.8) is 0 Å². The number of rotatable bonds is 7. The van der Waals surface area contributed by atoms with Crippen LogP contribution in [0.1, 0.15) is 45.1 Å². The second kappa shape index (κ2) is 7.58. The molecular weight excluding hydrogens is 280 g/mol. The van der Waals surface area contributed by atoms with E-state index in [0.717, 1.165) is 36.9 Å². The van der Waals surface area contributed by atoms with Gasteiger partial charge in [0, 0.05) is 17.6 Å². The molecule has 1 aliphatic rings. The Morgan fingerprint density at radius 3 is 2.73 bits per heavy atom. The highest BCUT2D eigenvalue weighted by atomic mass is 16.5. The monoisotopic (exact) mass is 306 g/mol. The smallest absolute Gasteiger partial charge is 0.230 e. The van der Waals surface area contributed by atoms with Crippen molar-refractivity contribution in [2.45, 2.75) is 46.5 Å². The van der Waals surface area contributed by atoms with Crippen LogP contribution >= 0.6 is 0 Å². The number of aryl methyl sites for hydroxylation is 1. The molecule has 0 bridgehead atoms. The summed E-state index contributed by atoms with van der Waals surface area (Å²) < 4.78 is 10.8. The number of aromatic nitrogens is 1. The van der Waals surface area contributed by atoms with Gasteiger partial charge in [-0.3, -0.25) is 4.79 Å². The normalized spacial score (nSPS) is 16.5. The zero-order chi connectivity index (χ0) is 16.0. The Bertz CT molecular complexity index is 511. The molecule has 0 unspecified atom stereocenters. The highest BCUT2D eigenvalue weighted by Crippen LogP contribution is 2.38. The fourth-order valence-corrected chi connectivity index (χ4v) is 2.79. The average molecular weight is 306 g/mol. The van der Waals surface area contributed by atoms with Crippen molar-refractivity contribution >= 4 is 11.6 Å². The molecule has 0 aliphatic heterocycles. The minimum atomic E-state index is -0.236. The third kappa shape index (κ3) is 4.19. The SMILES string of the molecule is CCOCCOc1ncc(NC(=O)C2(C)CCCC2)cc1C. The highest BCUT2D eigenvalue weighted by Gasteiger charge is 2.36. The molecule has 1 aliphatic carbocycles. The summed E-state index contributed by atoms with van der Waals surface area (Å²) in [6, 6.07) is 1.90. The van der Waals surface area contributed by atoms with Gasteiger partial charge in [0.15, 0.2) is 0 Å². The van der Waals surface area contributed by atoms with E-state index >= 15 is 0 Å². The molecule has 0 spiro atoms. The van der Waals surface area contributed by atoms with Crippen LogP contribution in [0.3, 0.4) is 0 Å². The molecule has 22 heavy (non-hydrogen) atoms. The van der Waals surface area contributed by atoms with E-state index in [-0.39, 0.29) is 11.3 Å². The molecule has 0 radical (unpaired) electrons. The number of carbonyl (C=O) groups excluding carboxylic acids is 1. The first-order valence-electron chi connectivity index (χ1n) is 8.04. The van der Waals surface area contributed by atoms with E-state index in [0.29, 0.717) is 25.7 Å². The van der Waals surface area contributed by atoms with Gasteiger partial charge in [0.1, 0.15) is 6.61 Å². The van der Waals surface area contributed by atoms with E-state index in [1.54, 1.807) is 6.20 Å². The van der Waals surface area contributed by atoms with Crippen molar-refractivity contribution in [1.29, 1.82) is 0 Å². The van der Waals surface area contributed by atoms with Gasteiger partial charge in [0.25, 0.3) is 0 Å². The summed E-state index contributed by atoms with van der Waals surface area (Å²) in [4.78, 5) is 16.7. The molecule has 1 aromatic heterocycles.